The van der Waals surface area contributed by atoms with Gasteiger partial charge in [0.05, 0.1) is 0 Å². The van der Waals surface area contributed by atoms with Crippen LogP contribution in [0.25, 0.3) is 0 Å². The number of carbonyl (C=O) groups is 1. The third kappa shape index (κ3) is 5.39. The minimum Gasteiger partial charge on any atom is -0.748 e. The molecule has 0 aliphatic rings. The maximum atomic E-state index is 12.6. The minimum atomic E-state index is -0.124. The molecular formula is C22H20FeN4O-6. The van der Waals surface area contributed by atoms with Crippen LogP contribution in [0.15, 0.2) is 103 Å². The van der Waals surface area contributed by atoms with E-state index in [4.69, 9.17) is 0 Å². The van der Waals surface area contributed by atoms with Gasteiger partial charge in [-0.1, -0.05) is 17.7 Å². The quantitative estimate of drug-likeness (QED) is 0.283. The van der Waals surface area contributed by atoms with Crippen molar-refractivity contribution < 1.29 is 21.9 Å². The van der Waals surface area contributed by atoms with Crippen molar-refractivity contribution in [3.05, 3.63) is 109 Å². The Labute approximate surface area is 175 Å². The fraction of sp³-hybridized carbons (Fsp3) is 0.0455. The molecule has 0 bridgehead atoms. The largest absolute Gasteiger partial charge is 0.748 e. The zero-order chi connectivity index (χ0) is 18.9. The average molecular weight is 412 g/mol. The van der Waals surface area contributed by atoms with Gasteiger partial charge in [-0.05, 0) is 24.3 Å². The zero-order valence-corrected chi connectivity index (χ0v) is 16.5. The van der Waals surface area contributed by atoms with Crippen LogP contribution in [0.1, 0.15) is 10.4 Å². The molecule has 4 rings (SSSR count). The van der Waals surface area contributed by atoms with E-state index in [1.54, 1.807) is 36.6 Å². The first-order chi connectivity index (χ1) is 13.3. The average Bonchev–Trinajstić information content (AvgIpc) is 3.46. The third-order valence-electron chi connectivity index (χ3n) is 3.79. The first-order valence-corrected chi connectivity index (χ1v) is 8.56. The van der Waals surface area contributed by atoms with Gasteiger partial charge in [-0.2, -0.15) is 12.1 Å². The smallest absolute Gasteiger partial charge is 0.216 e. The monoisotopic (exact) mass is 412 g/mol. The van der Waals surface area contributed by atoms with Crippen LogP contribution in [0.5, 0.6) is 0 Å². The number of carbonyl (C=O) groups excluding carboxylic acids is 1. The fourth-order valence-corrected chi connectivity index (χ4v) is 2.50. The van der Waals surface area contributed by atoms with E-state index in [-0.39, 0.29) is 23.0 Å². The number of hydrogen-bond acceptors (Lipinski definition) is 4. The molecule has 0 aliphatic heterocycles. The molecule has 2 aromatic carbocycles. The summed E-state index contributed by atoms with van der Waals surface area (Å²) in [6.45, 7) is 0. The van der Waals surface area contributed by atoms with Crippen molar-refractivity contribution >= 4 is 17.5 Å². The summed E-state index contributed by atoms with van der Waals surface area (Å²) in [6.07, 6.45) is 3.37. The first kappa shape index (κ1) is 21.1. The third-order valence-corrected chi connectivity index (χ3v) is 3.79. The van der Waals surface area contributed by atoms with Crippen molar-refractivity contribution in [1.29, 1.82) is 0 Å². The molecule has 0 saturated carbocycles. The summed E-state index contributed by atoms with van der Waals surface area (Å²) in [5.41, 5.74) is 0.624. The molecular weight excluding hydrogens is 392 g/mol. The van der Waals surface area contributed by atoms with E-state index in [1.165, 1.54) is 5.01 Å². The summed E-state index contributed by atoms with van der Waals surface area (Å²) in [5, 5.41) is 3.20. The molecule has 0 fully saturated rings. The number of rotatable bonds is 4. The van der Waals surface area contributed by atoms with Gasteiger partial charge in [0.2, 0.25) is 5.91 Å². The Morgan fingerprint density at radius 3 is 1.68 bits per heavy atom. The van der Waals surface area contributed by atoms with Gasteiger partial charge in [-0.15, -0.1) is 0 Å². The summed E-state index contributed by atoms with van der Waals surface area (Å²) in [4.78, 5) is 21.3. The van der Waals surface area contributed by atoms with Crippen LogP contribution in [-0.4, -0.2) is 27.9 Å². The van der Waals surface area contributed by atoms with Crippen LogP contribution >= 0.6 is 0 Å². The molecule has 0 unspecified atom stereocenters. The van der Waals surface area contributed by atoms with Gasteiger partial charge < -0.3 is 30.3 Å². The van der Waals surface area contributed by atoms with E-state index >= 15 is 0 Å². The molecule has 6 heteroatoms. The van der Waals surface area contributed by atoms with Crippen LogP contribution in [0.3, 0.4) is 0 Å². The number of pyridine rings is 2. The molecule has 5 nitrogen and oxygen atoms in total. The second-order valence-corrected chi connectivity index (χ2v) is 5.65. The Balaban J connectivity index is 0.000000408. The van der Waals surface area contributed by atoms with Gasteiger partial charge >= 0.3 is 0 Å². The number of nitrogens with zero attached hydrogens (tertiary/aromatic N) is 4. The molecule has 0 atom stereocenters. The summed E-state index contributed by atoms with van der Waals surface area (Å²) in [6, 6.07) is 28.3. The van der Waals surface area contributed by atoms with E-state index in [9.17, 15) is 4.79 Å². The van der Waals surface area contributed by atoms with E-state index in [2.05, 4.69) is 9.97 Å². The predicted molar refractivity (Wildman–Crippen MR) is 107 cm³/mol. The van der Waals surface area contributed by atoms with Crippen LogP contribution < -0.4 is 5.01 Å². The van der Waals surface area contributed by atoms with E-state index in [1.807, 2.05) is 78.9 Å². The van der Waals surface area contributed by atoms with Crippen molar-refractivity contribution in [3.8, 4) is 0 Å². The van der Waals surface area contributed by atoms with Gasteiger partial charge in [-0.25, -0.2) is 27.1 Å². The Kier molecular flexibility index (Phi) is 8.15. The van der Waals surface area contributed by atoms with Crippen LogP contribution in [0.4, 0.5) is 11.6 Å². The van der Waals surface area contributed by atoms with Crippen LogP contribution in [-0.2, 0) is 17.1 Å². The molecule has 0 radical (unpaired) electrons. The Bertz CT molecular complexity index is 853. The van der Waals surface area contributed by atoms with Crippen molar-refractivity contribution in [1.82, 2.24) is 15.0 Å². The molecule has 28 heavy (non-hydrogen) atoms. The van der Waals surface area contributed by atoms with Crippen molar-refractivity contribution in [2.45, 2.75) is 0 Å². The summed E-state index contributed by atoms with van der Waals surface area (Å²) in [7, 11) is 1.71. The van der Waals surface area contributed by atoms with Gasteiger partial charge in [-0.3, -0.25) is 9.80 Å². The van der Waals surface area contributed by atoms with E-state index in [0.717, 1.165) is 0 Å². The van der Waals surface area contributed by atoms with Crippen LogP contribution in [0, 0.1) is 0 Å². The van der Waals surface area contributed by atoms with Crippen molar-refractivity contribution in [2.75, 3.05) is 12.1 Å². The zero-order valence-electron chi connectivity index (χ0n) is 15.4. The van der Waals surface area contributed by atoms with Gasteiger partial charge in [0, 0.05) is 36.5 Å². The molecule has 148 valence electrons. The van der Waals surface area contributed by atoms with Crippen molar-refractivity contribution in [2.24, 2.45) is 0 Å². The standard InChI is InChI=1S/C17H15N4O.C5H5.Fe/c1-20(17(22)14-8-2-3-9-14)21(15-10-4-6-12-18-15)16-11-5-7-13-19-16;1-2-4-5-3-1;/h2-13H,1H3;1-5H;/q-1;-5;. The second kappa shape index (κ2) is 10.8. The molecule has 2 heterocycles. The minimum absolute atomic E-state index is 0. The Morgan fingerprint density at radius 2 is 1.29 bits per heavy atom. The molecule has 0 N–H and O–H groups in total. The molecule has 0 saturated heterocycles. The first-order valence-electron chi connectivity index (χ1n) is 8.56. The van der Waals surface area contributed by atoms with E-state index < -0.39 is 0 Å². The van der Waals surface area contributed by atoms with Gasteiger partial charge in [0.25, 0.3) is 0 Å². The summed E-state index contributed by atoms with van der Waals surface area (Å²) >= 11 is 0. The van der Waals surface area contributed by atoms with Gasteiger partial charge in [0.15, 0.2) is 11.6 Å². The second-order valence-electron chi connectivity index (χ2n) is 5.65. The number of aromatic nitrogens is 2. The predicted octanol–water partition coefficient (Wildman–Crippen LogP) is 4.42. The summed E-state index contributed by atoms with van der Waals surface area (Å²) in [5.74, 6) is 1.13. The summed E-state index contributed by atoms with van der Waals surface area (Å²) < 4.78 is 0. The van der Waals surface area contributed by atoms with Gasteiger partial charge in [0.1, 0.15) is 0 Å². The normalized spacial score (nSPS) is 9.46. The Hall–Kier alpha value is -3.21. The molecule has 1 amide bonds. The number of anilines is 2. The Morgan fingerprint density at radius 1 is 0.821 bits per heavy atom. The molecule has 4 aromatic rings. The number of hydrogen-bond donors (Lipinski definition) is 0. The fourth-order valence-electron chi connectivity index (χ4n) is 2.50. The number of hydrazine groups is 1. The maximum absolute atomic E-state index is 12.6. The van der Waals surface area contributed by atoms with Crippen molar-refractivity contribution in [3.63, 3.8) is 0 Å². The SMILES string of the molecule is CN(C(=O)[c-]1cccc1)N(c1ccccn1)c1ccccn1.[Fe].[cH-]1[cH-][cH-][cH-][cH-]1. The topological polar surface area (TPSA) is 49.3 Å². The molecule has 0 spiro atoms. The van der Waals surface area contributed by atoms with Crippen LogP contribution in [0.2, 0.25) is 0 Å². The maximum Gasteiger partial charge on any atom is 0.216 e. The number of amides is 1. The van der Waals surface area contributed by atoms with E-state index in [0.29, 0.717) is 17.2 Å². The molecule has 2 aromatic heterocycles. The molecule has 0 aliphatic carbocycles.